The number of aromatic nitrogens is 3. The summed E-state index contributed by atoms with van der Waals surface area (Å²) in [6.07, 6.45) is 7.55. The summed E-state index contributed by atoms with van der Waals surface area (Å²) in [5.74, 6) is 1.31. The summed E-state index contributed by atoms with van der Waals surface area (Å²) >= 11 is 0. The zero-order chi connectivity index (χ0) is 25.1. The number of hydrogen-bond acceptors (Lipinski definition) is 6. The second-order valence-electron chi connectivity index (χ2n) is 10.5. The van der Waals surface area contributed by atoms with Gasteiger partial charge in [0.1, 0.15) is 11.7 Å². The summed E-state index contributed by atoms with van der Waals surface area (Å²) in [4.78, 5) is 26.3. The number of pyridine rings is 1. The standard InChI is InChI=1S/C28H29FN6O2/c1-33-26(36)24-25(35-22-10-4-9-21(22)31-28(33)35)32-34(27(24)37-19-6-2-3-7-19)16-17-12-14-18(15-13-17)20-8-5-11-23(29)30-20/h5,8,11-15,19,21-22H,2-4,6-7,9-10,16H2,1H3. The Labute approximate surface area is 214 Å². The van der Waals surface area contributed by atoms with Gasteiger partial charge in [-0.1, -0.05) is 30.3 Å². The molecule has 0 spiro atoms. The first-order chi connectivity index (χ1) is 18.1. The van der Waals surface area contributed by atoms with Gasteiger partial charge in [0.05, 0.1) is 24.3 Å². The SMILES string of the molecule is CN1C(=O)c2c(nn(Cc3ccc(-c4cccc(F)n4)cc3)c2OC2CCCC2)N2C1=NC1CCCC12. The molecular formula is C28H29FN6O2. The van der Waals surface area contributed by atoms with E-state index in [2.05, 4.69) is 9.88 Å². The van der Waals surface area contributed by atoms with Crippen LogP contribution in [0.2, 0.25) is 0 Å². The molecule has 2 aliphatic heterocycles. The Morgan fingerprint density at radius 2 is 1.84 bits per heavy atom. The molecule has 4 heterocycles. The Morgan fingerprint density at radius 3 is 2.62 bits per heavy atom. The van der Waals surface area contributed by atoms with Gasteiger partial charge in [-0.25, -0.2) is 14.7 Å². The Balaban J connectivity index is 1.26. The fraction of sp³-hybridized carbons (Fsp3) is 0.429. The van der Waals surface area contributed by atoms with Crippen molar-refractivity contribution < 1.29 is 13.9 Å². The molecule has 2 atom stereocenters. The predicted octanol–water partition coefficient (Wildman–Crippen LogP) is 4.64. The van der Waals surface area contributed by atoms with E-state index >= 15 is 0 Å². The van der Waals surface area contributed by atoms with Crippen LogP contribution in [0.15, 0.2) is 47.5 Å². The summed E-state index contributed by atoms with van der Waals surface area (Å²) in [6, 6.07) is 13.1. The highest BCUT2D eigenvalue weighted by Gasteiger charge is 2.50. The molecule has 8 nitrogen and oxygen atoms in total. The number of anilines is 1. The van der Waals surface area contributed by atoms with Crippen LogP contribution in [0.1, 0.15) is 60.9 Å². The van der Waals surface area contributed by atoms with Crippen molar-refractivity contribution in [3.63, 3.8) is 0 Å². The number of amides is 1. The molecule has 190 valence electrons. The molecule has 2 saturated carbocycles. The van der Waals surface area contributed by atoms with Gasteiger partial charge in [-0.15, -0.1) is 0 Å². The molecule has 2 aromatic heterocycles. The predicted molar refractivity (Wildman–Crippen MR) is 137 cm³/mol. The first-order valence-corrected chi connectivity index (χ1v) is 13.2. The number of halogens is 1. The Kier molecular flexibility index (Phi) is 5.26. The topological polar surface area (TPSA) is 75.8 Å². The van der Waals surface area contributed by atoms with Crippen LogP contribution in [0, 0.1) is 5.95 Å². The molecule has 0 saturated heterocycles. The number of aliphatic imine (C=N–C) groups is 1. The van der Waals surface area contributed by atoms with Gasteiger partial charge in [0, 0.05) is 12.6 Å². The third-order valence-corrected chi connectivity index (χ3v) is 8.08. The van der Waals surface area contributed by atoms with Gasteiger partial charge in [-0.3, -0.25) is 14.6 Å². The van der Waals surface area contributed by atoms with Crippen molar-refractivity contribution >= 4 is 17.7 Å². The van der Waals surface area contributed by atoms with Crippen LogP contribution in [-0.2, 0) is 6.54 Å². The lowest BCUT2D eigenvalue weighted by Gasteiger charge is -2.33. The number of ether oxygens (including phenoxy) is 1. The lowest BCUT2D eigenvalue weighted by atomic mass is 10.1. The average molecular weight is 501 g/mol. The summed E-state index contributed by atoms with van der Waals surface area (Å²) in [5.41, 5.74) is 2.98. The van der Waals surface area contributed by atoms with E-state index in [1.807, 2.05) is 28.9 Å². The van der Waals surface area contributed by atoms with Crippen LogP contribution in [0.25, 0.3) is 11.3 Å². The number of fused-ring (bicyclic) bond motifs is 5. The fourth-order valence-electron chi connectivity index (χ4n) is 6.19. The van der Waals surface area contributed by atoms with Crippen LogP contribution < -0.4 is 9.64 Å². The molecule has 9 heteroatoms. The van der Waals surface area contributed by atoms with E-state index < -0.39 is 5.95 Å². The number of benzene rings is 1. The molecule has 2 unspecified atom stereocenters. The van der Waals surface area contributed by atoms with Gasteiger partial charge in [-0.05, 0) is 62.6 Å². The van der Waals surface area contributed by atoms with Crippen molar-refractivity contribution in [3.8, 4) is 17.1 Å². The third-order valence-electron chi connectivity index (χ3n) is 8.08. The normalized spacial score (nSPS) is 22.8. The number of carbonyl (C=O) groups excluding carboxylic acids is 1. The number of rotatable bonds is 5. The lowest BCUT2D eigenvalue weighted by molar-refractivity contribution is 0.0856. The molecule has 7 rings (SSSR count). The maximum absolute atomic E-state index is 13.6. The van der Waals surface area contributed by atoms with Crippen molar-refractivity contribution in [1.29, 1.82) is 0 Å². The lowest BCUT2D eigenvalue weighted by Crippen LogP contribution is -2.51. The molecule has 0 bridgehead atoms. The minimum absolute atomic E-state index is 0.0898. The zero-order valence-electron chi connectivity index (χ0n) is 20.8. The molecule has 4 aliphatic rings. The van der Waals surface area contributed by atoms with Crippen LogP contribution in [-0.4, -0.2) is 56.8 Å². The summed E-state index contributed by atoms with van der Waals surface area (Å²) < 4.78 is 22.0. The second kappa shape index (κ2) is 8.68. The molecule has 0 radical (unpaired) electrons. The van der Waals surface area contributed by atoms with E-state index in [1.54, 1.807) is 24.1 Å². The molecule has 37 heavy (non-hydrogen) atoms. The van der Waals surface area contributed by atoms with Crippen molar-refractivity contribution in [1.82, 2.24) is 19.7 Å². The van der Waals surface area contributed by atoms with E-state index in [0.29, 0.717) is 35.5 Å². The van der Waals surface area contributed by atoms with Gasteiger partial charge in [0.2, 0.25) is 17.8 Å². The van der Waals surface area contributed by atoms with Crippen molar-refractivity contribution in [2.24, 2.45) is 4.99 Å². The van der Waals surface area contributed by atoms with Gasteiger partial charge in [0.25, 0.3) is 5.91 Å². The Morgan fingerprint density at radius 1 is 1.03 bits per heavy atom. The molecular weight excluding hydrogens is 471 g/mol. The molecule has 0 N–H and O–H groups in total. The van der Waals surface area contributed by atoms with E-state index in [-0.39, 0.29) is 24.1 Å². The first kappa shape index (κ1) is 22.4. The number of guanidine groups is 1. The van der Waals surface area contributed by atoms with Crippen LogP contribution >= 0.6 is 0 Å². The highest BCUT2D eigenvalue weighted by molar-refractivity contribution is 6.19. The Bertz CT molecular complexity index is 1390. The van der Waals surface area contributed by atoms with Crippen LogP contribution in [0.4, 0.5) is 10.2 Å². The number of hydrogen-bond donors (Lipinski definition) is 0. The minimum atomic E-state index is -0.499. The summed E-state index contributed by atoms with van der Waals surface area (Å²) in [5, 5.41) is 5.00. The second-order valence-corrected chi connectivity index (χ2v) is 10.5. The smallest absolute Gasteiger partial charge is 0.269 e. The minimum Gasteiger partial charge on any atom is -0.474 e. The van der Waals surface area contributed by atoms with Gasteiger partial charge in [-0.2, -0.15) is 9.49 Å². The summed E-state index contributed by atoms with van der Waals surface area (Å²) in [6.45, 7) is 0.456. The van der Waals surface area contributed by atoms with E-state index in [1.165, 1.54) is 6.07 Å². The largest absolute Gasteiger partial charge is 0.474 e. The summed E-state index contributed by atoms with van der Waals surface area (Å²) in [7, 11) is 1.80. The molecule has 1 aromatic carbocycles. The Hall–Kier alpha value is -3.75. The monoisotopic (exact) mass is 500 g/mol. The van der Waals surface area contributed by atoms with E-state index in [0.717, 1.165) is 56.1 Å². The zero-order valence-corrected chi connectivity index (χ0v) is 20.8. The fourth-order valence-corrected chi connectivity index (χ4v) is 6.19. The van der Waals surface area contributed by atoms with Gasteiger partial charge in [0.15, 0.2) is 5.82 Å². The molecule has 3 aromatic rings. The van der Waals surface area contributed by atoms with Gasteiger partial charge < -0.3 is 4.74 Å². The van der Waals surface area contributed by atoms with Crippen LogP contribution in [0.5, 0.6) is 5.88 Å². The number of nitrogens with zero attached hydrogens (tertiary/aromatic N) is 6. The molecule has 1 amide bonds. The van der Waals surface area contributed by atoms with E-state index in [9.17, 15) is 9.18 Å². The van der Waals surface area contributed by atoms with Crippen molar-refractivity contribution in [2.45, 2.75) is 69.7 Å². The highest BCUT2D eigenvalue weighted by atomic mass is 19.1. The number of carbonyl (C=O) groups is 1. The average Bonchev–Trinajstić information content (AvgIpc) is 3.68. The van der Waals surface area contributed by atoms with Crippen LogP contribution in [0.3, 0.4) is 0 Å². The third kappa shape index (κ3) is 3.70. The van der Waals surface area contributed by atoms with Crippen molar-refractivity contribution in [2.75, 3.05) is 11.9 Å². The van der Waals surface area contributed by atoms with Crippen molar-refractivity contribution in [3.05, 3.63) is 59.5 Å². The maximum atomic E-state index is 13.6. The maximum Gasteiger partial charge on any atom is 0.269 e. The van der Waals surface area contributed by atoms with Gasteiger partial charge >= 0.3 is 0 Å². The highest BCUT2D eigenvalue weighted by Crippen LogP contribution is 2.43. The van der Waals surface area contributed by atoms with E-state index in [4.69, 9.17) is 14.8 Å². The molecule has 2 fully saturated rings. The molecule has 2 aliphatic carbocycles. The first-order valence-electron chi connectivity index (χ1n) is 13.2. The quantitative estimate of drug-likeness (QED) is 0.477.